The van der Waals surface area contributed by atoms with Gasteiger partial charge in [0.15, 0.2) is 5.13 Å². The number of carbonyl (C=O) groups is 1. The average Bonchev–Trinajstić information content (AvgIpc) is 3.40. The molecule has 0 aliphatic carbocycles. The van der Waals surface area contributed by atoms with Crippen LogP contribution in [0.15, 0.2) is 47.4 Å². The first kappa shape index (κ1) is 20.2. The van der Waals surface area contributed by atoms with Crippen LogP contribution >= 0.6 is 23.1 Å². The molecule has 1 fully saturated rings. The highest BCUT2D eigenvalue weighted by atomic mass is 32.2. The molecule has 1 amide bonds. The van der Waals surface area contributed by atoms with Crippen molar-refractivity contribution < 1.29 is 14.3 Å². The number of methoxy groups -OCH3 is 1. The van der Waals surface area contributed by atoms with Crippen LogP contribution in [0.2, 0.25) is 0 Å². The number of ether oxygens (including phenoxy) is 2. The van der Waals surface area contributed by atoms with E-state index in [0.717, 1.165) is 40.3 Å². The molecule has 1 unspecified atom stereocenters. The summed E-state index contributed by atoms with van der Waals surface area (Å²) in [7, 11) is 1.64. The van der Waals surface area contributed by atoms with Crippen LogP contribution in [0.4, 0.5) is 5.13 Å². The molecule has 1 aliphatic heterocycles. The van der Waals surface area contributed by atoms with Gasteiger partial charge in [-0.25, -0.2) is 4.98 Å². The van der Waals surface area contributed by atoms with Gasteiger partial charge in [-0.1, -0.05) is 35.1 Å². The van der Waals surface area contributed by atoms with Crippen LogP contribution in [0.5, 0.6) is 5.75 Å². The Kier molecular flexibility index (Phi) is 6.37. The van der Waals surface area contributed by atoms with E-state index in [9.17, 15) is 4.79 Å². The number of carbonyl (C=O) groups excluding carboxylic acids is 1. The number of hydrogen-bond acceptors (Lipinski definition) is 6. The van der Waals surface area contributed by atoms with Crippen molar-refractivity contribution >= 4 is 44.4 Å². The van der Waals surface area contributed by atoms with Gasteiger partial charge in [0.25, 0.3) is 0 Å². The molecule has 1 aliphatic rings. The van der Waals surface area contributed by atoms with Gasteiger partial charge in [0.2, 0.25) is 5.91 Å². The van der Waals surface area contributed by atoms with Crippen molar-refractivity contribution in [1.82, 2.24) is 4.98 Å². The molecule has 0 spiro atoms. The van der Waals surface area contributed by atoms with E-state index in [2.05, 4.69) is 31.2 Å². The van der Waals surface area contributed by atoms with Gasteiger partial charge in [-0.2, -0.15) is 0 Å². The fourth-order valence-electron chi connectivity index (χ4n) is 3.33. The third-order valence-corrected chi connectivity index (χ3v) is 6.96. The predicted octanol–water partition coefficient (Wildman–Crippen LogP) is 4.92. The minimum absolute atomic E-state index is 0.0455. The van der Waals surface area contributed by atoms with Gasteiger partial charge in [-0.3, -0.25) is 9.69 Å². The van der Waals surface area contributed by atoms with Crippen LogP contribution in [0.25, 0.3) is 10.2 Å². The quantitative estimate of drug-likeness (QED) is 0.500. The lowest BCUT2D eigenvalue weighted by Gasteiger charge is -2.23. The number of hydrogen-bond donors (Lipinski definition) is 0. The molecule has 0 bridgehead atoms. The molecule has 3 aromatic rings. The summed E-state index contributed by atoms with van der Waals surface area (Å²) in [6.07, 6.45) is 2.08. The monoisotopic (exact) mass is 428 g/mol. The fraction of sp³-hybridized carbons (Fsp3) is 0.364. The minimum Gasteiger partial charge on any atom is -0.494 e. The Hall–Kier alpha value is -2.09. The lowest BCUT2D eigenvalue weighted by molar-refractivity contribution is -0.116. The Morgan fingerprint density at radius 2 is 2.14 bits per heavy atom. The lowest BCUT2D eigenvalue weighted by Crippen LogP contribution is -2.38. The largest absolute Gasteiger partial charge is 0.494 e. The summed E-state index contributed by atoms with van der Waals surface area (Å²) in [5, 5.41) is 0.703. The first-order valence-electron chi connectivity index (χ1n) is 9.69. The number of aromatic nitrogens is 1. The molecule has 0 radical (unpaired) electrons. The van der Waals surface area contributed by atoms with E-state index < -0.39 is 0 Å². The van der Waals surface area contributed by atoms with Crippen LogP contribution in [0.3, 0.4) is 0 Å². The Balaban J connectivity index is 1.57. The van der Waals surface area contributed by atoms with Crippen LogP contribution in [0.1, 0.15) is 18.4 Å². The Morgan fingerprint density at radius 1 is 1.31 bits per heavy atom. The molecule has 152 valence electrons. The smallest absolute Gasteiger partial charge is 0.239 e. The molecule has 2 heterocycles. The number of thioether (sulfide) groups is 1. The number of thiazole rings is 1. The van der Waals surface area contributed by atoms with Crippen LogP contribution < -0.4 is 9.64 Å². The van der Waals surface area contributed by atoms with Gasteiger partial charge in [-0.05, 0) is 44.0 Å². The van der Waals surface area contributed by atoms with Crippen molar-refractivity contribution in [2.45, 2.75) is 30.8 Å². The molecule has 5 nitrogen and oxygen atoms in total. The Labute approximate surface area is 179 Å². The molecule has 29 heavy (non-hydrogen) atoms. The zero-order valence-electron chi connectivity index (χ0n) is 16.6. The third kappa shape index (κ3) is 4.74. The van der Waals surface area contributed by atoms with Gasteiger partial charge in [0.1, 0.15) is 11.3 Å². The van der Waals surface area contributed by atoms with Gasteiger partial charge in [0, 0.05) is 11.5 Å². The minimum atomic E-state index is 0.0455. The summed E-state index contributed by atoms with van der Waals surface area (Å²) >= 11 is 3.07. The van der Waals surface area contributed by atoms with Crippen molar-refractivity contribution in [3.8, 4) is 5.75 Å². The van der Waals surface area contributed by atoms with Crippen LogP contribution in [0, 0.1) is 6.92 Å². The maximum absolute atomic E-state index is 13.2. The molecule has 7 heteroatoms. The summed E-state index contributed by atoms with van der Waals surface area (Å²) in [6.45, 7) is 3.36. The summed E-state index contributed by atoms with van der Waals surface area (Å²) in [5.74, 6) is 1.13. The number of aryl methyl sites for hydroxylation is 1. The zero-order valence-corrected chi connectivity index (χ0v) is 18.2. The molecule has 2 aromatic carbocycles. The van der Waals surface area contributed by atoms with Gasteiger partial charge >= 0.3 is 0 Å². The molecular weight excluding hydrogens is 404 g/mol. The molecule has 0 N–H and O–H groups in total. The predicted molar refractivity (Wildman–Crippen MR) is 119 cm³/mol. The summed E-state index contributed by atoms with van der Waals surface area (Å²) in [6, 6.07) is 14.1. The number of nitrogens with zero attached hydrogens (tertiary/aromatic N) is 2. The van der Waals surface area contributed by atoms with E-state index in [-0.39, 0.29) is 12.0 Å². The molecule has 1 saturated heterocycles. The second-order valence-corrected chi connectivity index (χ2v) is 9.10. The molecule has 4 rings (SSSR count). The van der Waals surface area contributed by atoms with E-state index in [1.807, 2.05) is 18.2 Å². The maximum Gasteiger partial charge on any atom is 0.239 e. The van der Waals surface area contributed by atoms with E-state index >= 15 is 0 Å². The normalized spacial score (nSPS) is 16.3. The Bertz CT molecular complexity index is 981. The van der Waals surface area contributed by atoms with Crippen molar-refractivity contribution in [3.63, 3.8) is 0 Å². The molecule has 1 aromatic heterocycles. The molecule has 0 saturated carbocycles. The summed E-state index contributed by atoms with van der Waals surface area (Å²) in [4.78, 5) is 20.8. The highest BCUT2D eigenvalue weighted by molar-refractivity contribution is 8.00. The van der Waals surface area contributed by atoms with E-state index in [1.165, 1.54) is 16.9 Å². The standard InChI is InChI=1S/C22H24N2O3S2/c1-15-8-10-17(11-9-15)28-14-20(25)24(13-16-5-4-12-27-16)22-23-21-18(26-2)6-3-7-19(21)29-22/h3,6-11,16H,4-5,12-14H2,1-2H3. The SMILES string of the molecule is COc1cccc2sc(N(CC3CCCO3)C(=O)CSc3ccc(C)cc3)nc12. The zero-order chi connectivity index (χ0) is 20.2. The van der Waals surface area contributed by atoms with Crippen LogP contribution in [-0.4, -0.2) is 43.0 Å². The fourth-order valence-corrected chi connectivity index (χ4v) is 5.11. The highest BCUT2D eigenvalue weighted by Gasteiger charge is 2.26. The van der Waals surface area contributed by atoms with E-state index in [4.69, 9.17) is 14.5 Å². The van der Waals surface area contributed by atoms with Crippen LogP contribution in [-0.2, 0) is 9.53 Å². The second kappa shape index (κ2) is 9.15. The number of amides is 1. The number of rotatable bonds is 7. The van der Waals surface area contributed by atoms with Crippen molar-refractivity contribution in [3.05, 3.63) is 48.0 Å². The summed E-state index contributed by atoms with van der Waals surface area (Å²) < 4.78 is 12.3. The third-order valence-electron chi connectivity index (χ3n) is 4.92. The van der Waals surface area contributed by atoms with Crippen molar-refractivity contribution in [2.24, 2.45) is 0 Å². The molecular formula is C22H24N2O3S2. The molecule has 1 atom stereocenters. The lowest BCUT2D eigenvalue weighted by atomic mass is 10.2. The number of benzene rings is 2. The average molecular weight is 429 g/mol. The van der Waals surface area contributed by atoms with Crippen molar-refractivity contribution in [1.29, 1.82) is 0 Å². The number of para-hydroxylation sites is 1. The number of anilines is 1. The van der Waals surface area contributed by atoms with Gasteiger partial charge in [-0.15, -0.1) is 11.8 Å². The first-order chi connectivity index (χ1) is 14.1. The number of fused-ring (bicyclic) bond motifs is 1. The topological polar surface area (TPSA) is 51.7 Å². The first-order valence-corrected chi connectivity index (χ1v) is 11.5. The highest BCUT2D eigenvalue weighted by Crippen LogP contribution is 2.35. The van der Waals surface area contributed by atoms with Gasteiger partial charge < -0.3 is 9.47 Å². The Morgan fingerprint density at radius 3 is 2.86 bits per heavy atom. The summed E-state index contributed by atoms with van der Waals surface area (Å²) in [5.41, 5.74) is 2.01. The van der Waals surface area contributed by atoms with E-state index in [0.29, 0.717) is 17.4 Å². The van der Waals surface area contributed by atoms with Gasteiger partial charge in [0.05, 0.1) is 30.2 Å². The maximum atomic E-state index is 13.2. The second-order valence-electron chi connectivity index (χ2n) is 7.04. The van der Waals surface area contributed by atoms with Crippen molar-refractivity contribution in [2.75, 3.05) is 30.9 Å². The van der Waals surface area contributed by atoms with E-state index in [1.54, 1.807) is 23.8 Å².